The monoisotopic (exact) mass is 333 g/mol. The van der Waals surface area contributed by atoms with E-state index < -0.39 is 11.7 Å². The van der Waals surface area contributed by atoms with Crippen molar-refractivity contribution in [1.29, 1.82) is 0 Å². The van der Waals surface area contributed by atoms with Crippen LogP contribution in [0.2, 0.25) is 4.34 Å². The van der Waals surface area contributed by atoms with Gasteiger partial charge in [-0.05, 0) is 26.7 Å². The zero-order valence-electron chi connectivity index (χ0n) is 13.2. The SMILES string of the molecule is CC(C)C(CNC(=O)OC(C)(C)C)NCc1ncc(Cl)s1. The number of hydrogen-bond donors (Lipinski definition) is 2. The van der Waals surface area contributed by atoms with E-state index in [1.54, 1.807) is 6.20 Å². The smallest absolute Gasteiger partial charge is 0.407 e. The van der Waals surface area contributed by atoms with Gasteiger partial charge in [0, 0.05) is 19.1 Å². The molecule has 1 aromatic heterocycles. The fourth-order valence-electron chi connectivity index (χ4n) is 1.64. The van der Waals surface area contributed by atoms with Crippen LogP contribution in [0.4, 0.5) is 4.79 Å². The quantitative estimate of drug-likeness (QED) is 0.837. The second kappa shape index (κ2) is 7.96. The number of nitrogens with one attached hydrogen (secondary N) is 2. The maximum absolute atomic E-state index is 11.7. The molecule has 1 atom stereocenters. The number of alkyl carbamates (subject to hydrolysis) is 1. The normalized spacial score (nSPS) is 13.3. The number of nitrogens with zero attached hydrogens (tertiary/aromatic N) is 1. The topological polar surface area (TPSA) is 63.2 Å². The number of carbonyl (C=O) groups is 1. The lowest BCUT2D eigenvalue weighted by molar-refractivity contribution is 0.0519. The summed E-state index contributed by atoms with van der Waals surface area (Å²) in [5, 5.41) is 7.11. The third-order valence-electron chi connectivity index (χ3n) is 2.71. The van der Waals surface area contributed by atoms with Crippen molar-refractivity contribution in [3.05, 3.63) is 15.5 Å². The standard InChI is InChI=1S/C14H24ClN3O2S/c1-9(2)10(6-18-13(19)20-14(3,4)5)16-8-12-17-7-11(15)21-12/h7,9-10,16H,6,8H2,1-5H3,(H,18,19). The van der Waals surface area contributed by atoms with Crippen LogP contribution < -0.4 is 10.6 Å². The van der Waals surface area contributed by atoms with E-state index in [4.69, 9.17) is 16.3 Å². The Labute approximate surface area is 135 Å². The van der Waals surface area contributed by atoms with Crippen LogP contribution in [0.1, 0.15) is 39.6 Å². The molecule has 7 heteroatoms. The highest BCUT2D eigenvalue weighted by Crippen LogP contribution is 2.18. The molecule has 0 saturated heterocycles. The van der Waals surface area contributed by atoms with Crippen molar-refractivity contribution < 1.29 is 9.53 Å². The Balaban J connectivity index is 2.41. The van der Waals surface area contributed by atoms with Crippen LogP contribution in [0.15, 0.2) is 6.20 Å². The highest BCUT2D eigenvalue weighted by atomic mass is 35.5. The van der Waals surface area contributed by atoms with Gasteiger partial charge in [-0.1, -0.05) is 25.4 Å². The number of aromatic nitrogens is 1. The molecule has 21 heavy (non-hydrogen) atoms. The molecule has 1 amide bonds. The number of thiazole rings is 1. The largest absolute Gasteiger partial charge is 0.444 e. The van der Waals surface area contributed by atoms with Crippen molar-refractivity contribution in [3.8, 4) is 0 Å². The molecule has 0 aliphatic carbocycles. The Morgan fingerprint density at radius 1 is 1.48 bits per heavy atom. The van der Waals surface area contributed by atoms with E-state index in [9.17, 15) is 4.79 Å². The highest BCUT2D eigenvalue weighted by Gasteiger charge is 2.19. The zero-order chi connectivity index (χ0) is 16.0. The molecule has 0 bridgehead atoms. The predicted molar refractivity (Wildman–Crippen MR) is 86.8 cm³/mol. The van der Waals surface area contributed by atoms with Gasteiger partial charge in [0.25, 0.3) is 0 Å². The molecule has 0 fully saturated rings. The van der Waals surface area contributed by atoms with Gasteiger partial charge in [-0.15, -0.1) is 11.3 Å². The van der Waals surface area contributed by atoms with Crippen LogP contribution in [-0.2, 0) is 11.3 Å². The first kappa shape index (κ1) is 18.2. The number of carbonyl (C=O) groups excluding carboxylic acids is 1. The molecule has 120 valence electrons. The molecule has 0 aliphatic heterocycles. The van der Waals surface area contributed by atoms with E-state index in [2.05, 4.69) is 29.5 Å². The summed E-state index contributed by atoms with van der Waals surface area (Å²) in [6.07, 6.45) is 1.25. The van der Waals surface area contributed by atoms with Crippen LogP contribution in [0.3, 0.4) is 0 Å². The summed E-state index contributed by atoms with van der Waals surface area (Å²) in [5.74, 6) is 0.371. The molecule has 5 nitrogen and oxygen atoms in total. The Hall–Kier alpha value is -0.850. The Bertz CT molecular complexity index is 457. The highest BCUT2D eigenvalue weighted by molar-refractivity contribution is 7.15. The van der Waals surface area contributed by atoms with Crippen LogP contribution in [0.25, 0.3) is 0 Å². The van der Waals surface area contributed by atoms with Gasteiger partial charge in [-0.2, -0.15) is 0 Å². The lowest BCUT2D eigenvalue weighted by atomic mass is 10.0. The van der Waals surface area contributed by atoms with Gasteiger partial charge in [-0.25, -0.2) is 9.78 Å². The molecule has 0 spiro atoms. The molecule has 2 N–H and O–H groups in total. The van der Waals surface area contributed by atoms with Gasteiger partial charge in [-0.3, -0.25) is 0 Å². The summed E-state index contributed by atoms with van der Waals surface area (Å²) in [6.45, 7) is 10.9. The Morgan fingerprint density at radius 3 is 2.62 bits per heavy atom. The first-order valence-corrected chi connectivity index (χ1v) is 8.17. The van der Waals surface area contributed by atoms with Crippen LogP contribution in [0, 0.1) is 5.92 Å². The summed E-state index contributed by atoms with van der Waals surface area (Å²) < 4.78 is 5.91. The second-order valence-electron chi connectivity index (χ2n) is 6.17. The van der Waals surface area contributed by atoms with Crippen LogP contribution in [0.5, 0.6) is 0 Å². The molecule has 1 heterocycles. The number of hydrogen-bond acceptors (Lipinski definition) is 5. The van der Waals surface area contributed by atoms with E-state index in [-0.39, 0.29) is 6.04 Å². The van der Waals surface area contributed by atoms with E-state index in [1.807, 2.05) is 20.8 Å². The molecule has 0 radical (unpaired) electrons. The minimum atomic E-state index is -0.484. The molecule has 1 aromatic rings. The molecule has 0 aliphatic rings. The fourth-order valence-corrected chi connectivity index (χ4v) is 2.55. The van der Waals surface area contributed by atoms with Gasteiger partial charge < -0.3 is 15.4 Å². The average Bonchev–Trinajstić information content (AvgIpc) is 2.72. The summed E-state index contributed by atoms with van der Waals surface area (Å²) in [4.78, 5) is 15.9. The molecule has 1 unspecified atom stereocenters. The molecular formula is C14H24ClN3O2S. The zero-order valence-corrected chi connectivity index (χ0v) is 14.8. The Morgan fingerprint density at radius 2 is 2.14 bits per heavy atom. The maximum Gasteiger partial charge on any atom is 0.407 e. The molecule has 1 rings (SSSR count). The van der Waals surface area contributed by atoms with E-state index >= 15 is 0 Å². The third-order valence-corrected chi connectivity index (χ3v) is 3.83. The first-order chi connectivity index (χ1) is 9.67. The third kappa shape index (κ3) is 7.64. The molecule has 0 saturated carbocycles. The summed E-state index contributed by atoms with van der Waals surface area (Å²) >= 11 is 7.31. The van der Waals surface area contributed by atoms with E-state index in [1.165, 1.54) is 11.3 Å². The van der Waals surface area contributed by atoms with Gasteiger partial charge in [0.05, 0.1) is 6.20 Å². The Kier molecular flexibility index (Phi) is 6.90. The molecule has 0 aromatic carbocycles. The second-order valence-corrected chi connectivity index (χ2v) is 7.92. The van der Waals surface area contributed by atoms with Crippen molar-refractivity contribution in [2.24, 2.45) is 5.92 Å². The average molecular weight is 334 g/mol. The van der Waals surface area contributed by atoms with Crippen molar-refractivity contribution >= 4 is 29.0 Å². The van der Waals surface area contributed by atoms with Crippen molar-refractivity contribution in [3.63, 3.8) is 0 Å². The van der Waals surface area contributed by atoms with Crippen molar-refractivity contribution in [2.45, 2.75) is 52.8 Å². The van der Waals surface area contributed by atoms with E-state index in [0.29, 0.717) is 23.3 Å². The number of amides is 1. The summed E-state index contributed by atoms with van der Waals surface area (Å²) in [5.41, 5.74) is -0.484. The van der Waals surface area contributed by atoms with Gasteiger partial charge in [0.1, 0.15) is 14.9 Å². The van der Waals surface area contributed by atoms with Crippen LogP contribution >= 0.6 is 22.9 Å². The minimum absolute atomic E-state index is 0.139. The molecular weight excluding hydrogens is 310 g/mol. The lowest BCUT2D eigenvalue weighted by Gasteiger charge is -2.24. The summed E-state index contributed by atoms with van der Waals surface area (Å²) in [7, 11) is 0. The maximum atomic E-state index is 11.7. The predicted octanol–water partition coefficient (Wildman–Crippen LogP) is 3.44. The number of ether oxygens (including phenoxy) is 1. The summed E-state index contributed by atoms with van der Waals surface area (Å²) in [6, 6.07) is 0.139. The first-order valence-electron chi connectivity index (χ1n) is 6.98. The fraction of sp³-hybridized carbons (Fsp3) is 0.714. The minimum Gasteiger partial charge on any atom is -0.444 e. The van der Waals surface area contributed by atoms with Crippen molar-refractivity contribution in [2.75, 3.05) is 6.54 Å². The number of halogens is 1. The van der Waals surface area contributed by atoms with Gasteiger partial charge in [0.2, 0.25) is 0 Å². The van der Waals surface area contributed by atoms with E-state index in [0.717, 1.165) is 5.01 Å². The van der Waals surface area contributed by atoms with Gasteiger partial charge >= 0.3 is 6.09 Å². The van der Waals surface area contributed by atoms with Crippen molar-refractivity contribution in [1.82, 2.24) is 15.6 Å². The number of rotatable bonds is 6. The van der Waals surface area contributed by atoms with Gasteiger partial charge in [0.15, 0.2) is 0 Å². The van der Waals surface area contributed by atoms with Crippen LogP contribution in [-0.4, -0.2) is 29.3 Å². The lowest BCUT2D eigenvalue weighted by Crippen LogP contribution is -2.45.